The number of carbonyl (C=O) groups is 1. The maximum absolute atomic E-state index is 11.1. The number of nitrogens with one attached hydrogen (secondary N) is 1. The van der Waals surface area contributed by atoms with Crippen LogP contribution in [-0.2, 0) is 4.79 Å². The molecule has 20 heavy (non-hydrogen) atoms. The molecule has 6 nitrogen and oxygen atoms in total. The van der Waals surface area contributed by atoms with Crippen LogP contribution < -0.4 is 10.1 Å². The molecule has 0 bridgehead atoms. The van der Waals surface area contributed by atoms with E-state index in [-0.39, 0.29) is 6.42 Å². The van der Waals surface area contributed by atoms with E-state index in [2.05, 4.69) is 15.3 Å². The Labute approximate surface area is 118 Å². The quantitative estimate of drug-likeness (QED) is 0.832. The fraction of sp³-hybridized carbons (Fsp3) is 0.643. The monoisotopic (exact) mass is 279 g/mol. The summed E-state index contributed by atoms with van der Waals surface area (Å²) in [5.74, 6) is 0.158. The van der Waals surface area contributed by atoms with E-state index in [4.69, 9.17) is 9.84 Å². The molecule has 2 N–H and O–H groups in total. The predicted octanol–water partition coefficient (Wildman–Crippen LogP) is 2.46. The van der Waals surface area contributed by atoms with Crippen LogP contribution in [0.5, 0.6) is 5.88 Å². The second-order valence-electron chi connectivity index (χ2n) is 5.19. The highest BCUT2D eigenvalue weighted by Crippen LogP contribution is 2.33. The number of ether oxygens (including phenoxy) is 1. The summed E-state index contributed by atoms with van der Waals surface area (Å²) in [7, 11) is 0. The van der Waals surface area contributed by atoms with Gasteiger partial charge < -0.3 is 15.2 Å². The van der Waals surface area contributed by atoms with Crippen LogP contribution in [0.2, 0.25) is 0 Å². The van der Waals surface area contributed by atoms with Gasteiger partial charge in [-0.15, -0.1) is 0 Å². The van der Waals surface area contributed by atoms with E-state index in [1.165, 1.54) is 0 Å². The molecule has 1 aromatic heterocycles. The van der Waals surface area contributed by atoms with Gasteiger partial charge in [-0.3, -0.25) is 4.79 Å². The number of rotatable bonds is 6. The first kappa shape index (κ1) is 14.6. The van der Waals surface area contributed by atoms with Gasteiger partial charge in [-0.2, -0.15) is 4.98 Å². The van der Waals surface area contributed by atoms with E-state index in [9.17, 15) is 4.79 Å². The molecule has 0 saturated heterocycles. The molecule has 0 unspecified atom stereocenters. The average Bonchev–Trinajstić information content (AvgIpc) is 2.39. The molecule has 0 spiro atoms. The maximum atomic E-state index is 11.1. The molecule has 0 aliphatic heterocycles. The minimum Gasteiger partial charge on any atom is -0.481 e. The second-order valence-corrected chi connectivity index (χ2v) is 5.19. The van der Waals surface area contributed by atoms with Crippen LogP contribution in [0.3, 0.4) is 0 Å². The molecule has 1 fully saturated rings. The van der Waals surface area contributed by atoms with Gasteiger partial charge in [0.2, 0.25) is 11.8 Å². The Morgan fingerprint density at radius 2 is 2.20 bits per heavy atom. The summed E-state index contributed by atoms with van der Waals surface area (Å²) in [6.07, 6.45) is 6.61. The van der Waals surface area contributed by atoms with Crippen LogP contribution in [0.1, 0.15) is 45.4 Å². The number of hydrogen-bond acceptors (Lipinski definition) is 5. The average molecular weight is 279 g/mol. The van der Waals surface area contributed by atoms with Gasteiger partial charge in [0.05, 0.1) is 18.6 Å². The smallest absolute Gasteiger partial charge is 0.305 e. The highest BCUT2D eigenvalue weighted by atomic mass is 16.5. The Balaban J connectivity index is 2.14. The number of aliphatic carboxylic acids is 1. The molecule has 1 aliphatic carbocycles. The summed E-state index contributed by atoms with van der Waals surface area (Å²) in [4.78, 5) is 19.6. The molecule has 1 saturated carbocycles. The van der Waals surface area contributed by atoms with E-state index in [0.717, 1.165) is 32.1 Å². The van der Waals surface area contributed by atoms with Gasteiger partial charge in [0.15, 0.2) is 0 Å². The molecule has 0 amide bonds. The number of nitrogens with zero attached hydrogens (tertiary/aromatic N) is 2. The summed E-state index contributed by atoms with van der Waals surface area (Å²) in [6, 6.07) is 1.69. The van der Waals surface area contributed by atoms with Crippen molar-refractivity contribution < 1.29 is 14.6 Å². The zero-order chi connectivity index (χ0) is 14.4. The third-order valence-corrected chi connectivity index (χ3v) is 3.60. The summed E-state index contributed by atoms with van der Waals surface area (Å²) in [5, 5.41) is 12.4. The van der Waals surface area contributed by atoms with Crippen LogP contribution in [-0.4, -0.2) is 33.2 Å². The highest BCUT2D eigenvalue weighted by Gasteiger charge is 2.35. The number of hydrogen-bond donors (Lipinski definition) is 2. The number of anilines is 1. The van der Waals surface area contributed by atoms with Crippen molar-refractivity contribution in [3.05, 3.63) is 12.3 Å². The number of carboxylic acids is 1. The van der Waals surface area contributed by atoms with Gasteiger partial charge in [0.25, 0.3) is 0 Å². The van der Waals surface area contributed by atoms with Crippen molar-refractivity contribution in [1.29, 1.82) is 0 Å². The minimum atomic E-state index is -0.791. The van der Waals surface area contributed by atoms with Crippen LogP contribution >= 0.6 is 0 Å². The van der Waals surface area contributed by atoms with Crippen LogP contribution in [0, 0.1) is 0 Å². The Bertz CT molecular complexity index is 459. The molecular formula is C14H21N3O3. The molecule has 1 aliphatic rings. The van der Waals surface area contributed by atoms with Crippen molar-refractivity contribution in [1.82, 2.24) is 9.97 Å². The van der Waals surface area contributed by atoms with Crippen LogP contribution in [0.25, 0.3) is 0 Å². The van der Waals surface area contributed by atoms with E-state index in [0.29, 0.717) is 18.4 Å². The first-order valence-corrected chi connectivity index (χ1v) is 7.09. The van der Waals surface area contributed by atoms with E-state index in [1.807, 2.05) is 6.92 Å². The normalized spacial score (nSPS) is 17.4. The largest absolute Gasteiger partial charge is 0.481 e. The third kappa shape index (κ3) is 3.82. The van der Waals surface area contributed by atoms with Gasteiger partial charge in [-0.1, -0.05) is 19.3 Å². The van der Waals surface area contributed by atoms with E-state index < -0.39 is 11.5 Å². The van der Waals surface area contributed by atoms with Crippen molar-refractivity contribution in [3.63, 3.8) is 0 Å². The topological polar surface area (TPSA) is 84.3 Å². The Kier molecular flexibility index (Phi) is 4.76. The summed E-state index contributed by atoms with van der Waals surface area (Å²) in [5.41, 5.74) is -0.436. The maximum Gasteiger partial charge on any atom is 0.305 e. The zero-order valence-corrected chi connectivity index (χ0v) is 11.8. The second kappa shape index (κ2) is 6.54. The van der Waals surface area contributed by atoms with Crippen molar-refractivity contribution in [2.75, 3.05) is 11.9 Å². The van der Waals surface area contributed by atoms with Crippen molar-refractivity contribution >= 4 is 11.9 Å². The van der Waals surface area contributed by atoms with Crippen LogP contribution in [0.15, 0.2) is 12.3 Å². The first-order valence-electron chi connectivity index (χ1n) is 7.09. The lowest BCUT2D eigenvalue weighted by Crippen LogP contribution is -2.42. The summed E-state index contributed by atoms with van der Waals surface area (Å²) >= 11 is 0. The van der Waals surface area contributed by atoms with E-state index >= 15 is 0 Å². The van der Waals surface area contributed by atoms with Gasteiger partial charge in [-0.25, -0.2) is 4.98 Å². The lowest BCUT2D eigenvalue weighted by Gasteiger charge is -2.37. The lowest BCUT2D eigenvalue weighted by atomic mass is 9.79. The highest BCUT2D eigenvalue weighted by molar-refractivity contribution is 5.69. The zero-order valence-electron chi connectivity index (χ0n) is 11.8. The number of aromatic nitrogens is 2. The Hall–Kier alpha value is -1.85. The molecule has 110 valence electrons. The van der Waals surface area contributed by atoms with Gasteiger partial charge in [0.1, 0.15) is 0 Å². The standard InChI is InChI=1S/C14H21N3O3/c1-2-20-11-6-9-15-13(16-11)17-14(10-12(18)19)7-4-3-5-8-14/h6,9H,2-5,7-8,10H2,1H3,(H,18,19)(H,15,16,17). The fourth-order valence-corrected chi connectivity index (χ4v) is 2.73. The SMILES string of the molecule is CCOc1ccnc(NC2(CC(=O)O)CCCCC2)n1. The van der Waals surface area contributed by atoms with Gasteiger partial charge in [0, 0.05) is 12.3 Å². The Morgan fingerprint density at radius 3 is 2.85 bits per heavy atom. The molecule has 1 heterocycles. The predicted molar refractivity (Wildman–Crippen MR) is 74.9 cm³/mol. The molecule has 2 rings (SSSR count). The summed E-state index contributed by atoms with van der Waals surface area (Å²) < 4.78 is 5.34. The van der Waals surface area contributed by atoms with Gasteiger partial charge in [-0.05, 0) is 19.8 Å². The fourth-order valence-electron chi connectivity index (χ4n) is 2.73. The van der Waals surface area contributed by atoms with Crippen molar-refractivity contribution in [2.45, 2.75) is 51.0 Å². The molecule has 1 aromatic rings. The van der Waals surface area contributed by atoms with E-state index in [1.54, 1.807) is 12.3 Å². The molecule has 0 aromatic carbocycles. The van der Waals surface area contributed by atoms with Crippen LogP contribution in [0.4, 0.5) is 5.95 Å². The third-order valence-electron chi connectivity index (χ3n) is 3.60. The van der Waals surface area contributed by atoms with Gasteiger partial charge >= 0.3 is 5.97 Å². The first-order chi connectivity index (χ1) is 9.63. The number of carboxylic acid groups (broad SMARTS) is 1. The molecule has 0 radical (unpaired) electrons. The molecule has 6 heteroatoms. The molecule has 0 atom stereocenters. The van der Waals surface area contributed by atoms with Crippen molar-refractivity contribution in [3.8, 4) is 5.88 Å². The minimum absolute atomic E-state index is 0.0925. The summed E-state index contributed by atoms with van der Waals surface area (Å²) in [6.45, 7) is 2.43. The Morgan fingerprint density at radius 1 is 1.45 bits per heavy atom. The molecular weight excluding hydrogens is 258 g/mol. The van der Waals surface area contributed by atoms with Crippen molar-refractivity contribution in [2.24, 2.45) is 0 Å². The lowest BCUT2D eigenvalue weighted by molar-refractivity contribution is -0.138.